The molecule has 0 aliphatic heterocycles. The predicted octanol–water partition coefficient (Wildman–Crippen LogP) is 3.00. The van der Waals surface area contributed by atoms with Crippen molar-refractivity contribution in [1.29, 1.82) is 0 Å². The fraction of sp³-hybridized carbons (Fsp3) is 0.286. The molecule has 0 saturated carbocycles. The van der Waals surface area contributed by atoms with Gasteiger partial charge in [-0.1, -0.05) is 30.3 Å². The van der Waals surface area contributed by atoms with Crippen LogP contribution in [0.25, 0.3) is 0 Å². The highest BCUT2D eigenvalue weighted by atomic mass is 32.1. The van der Waals surface area contributed by atoms with Gasteiger partial charge in [-0.3, -0.25) is 10.1 Å². The van der Waals surface area contributed by atoms with E-state index < -0.39 is 6.10 Å². The number of benzene rings is 1. The molecule has 1 N–H and O–H groups in total. The smallest absolute Gasteiger partial charge is 0.255 e. The van der Waals surface area contributed by atoms with Crippen LogP contribution in [0.1, 0.15) is 17.4 Å². The summed E-state index contributed by atoms with van der Waals surface area (Å²) in [7, 11) is 0. The third-order valence-corrected chi connectivity index (χ3v) is 3.39. The average molecular weight is 276 g/mol. The molecule has 19 heavy (non-hydrogen) atoms. The molecule has 4 nitrogen and oxygen atoms in total. The van der Waals surface area contributed by atoms with Gasteiger partial charge in [-0.25, -0.2) is 4.98 Å². The zero-order valence-electron chi connectivity index (χ0n) is 10.9. The first kappa shape index (κ1) is 13.7. The zero-order chi connectivity index (χ0) is 13.7. The standard InChI is InChI=1S/C14H16N2O2S/c1-10-8-15-14(19-10)16-13(17)11(2)18-9-12-6-4-3-5-7-12/h3-8,11H,9H2,1-2H3,(H,15,16,17)/t11-/m1/s1. The van der Waals surface area contributed by atoms with E-state index in [9.17, 15) is 4.79 Å². The van der Waals surface area contributed by atoms with Crippen LogP contribution < -0.4 is 5.32 Å². The van der Waals surface area contributed by atoms with E-state index in [1.165, 1.54) is 11.3 Å². The fourth-order valence-electron chi connectivity index (χ4n) is 1.49. The number of carbonyl (C=O) groups is 1. The molecule has 1 heterocycles. The van der Waals surface area contributed by atoms with E-state index in [-0.39, 0.29) is 5.91 Å². The normalized spacial score (nSPS) is 12.1. The monoisotopic (exact) mass is 276 g/mol. The van der Waals surface area contributed by atoms with Gasteiger partial charge in [0.15, 0.2) is 5.13 Å². The number of carbonyl (C=O) groups excluding carboxylic acids is 1. The van der Waals surface area contributed by atoms with Gasteiger partial charge in [-0.15, -0.1) is 11.3 Å². The number of hydrogen-bond donors (Lipinski definition) is 1. The van der Waals surface area contributed by atoms with Gasteiger partial charge < -0.3 is 4.74 Å². The van der Waals surface area contributed by atoms with Crippen molar-refractivity contribution in [3.8, 4) is 0 Å². The number of rotatable bonds is 5. The highest BCUT2D eigenvalue weighted by Crippen LogP contribution is 2.17. The summed E-state index contributed by atoms with van der Waals surface area (Å²) >= 11 is 1.45. The van der Waals surface area contributed by atoms with Crippen molar-refractivity contribution in [3.05, 3.63) is 47.0 Å². The lowest BCUT2D eigenvalue weighted by molar-refractivity contribution is -0.127. The maximum Gasteiger partial charge on any atom is 0.255 e. The van der Waals surface area contributed by atoms with Crippen LogP contribution in [0.4, 0.5) is 5.13 Å². The average Bonchev–Trinajstić information content (AvgIpc) is 2.82. The number of amides is 1. The summed E-state index contributed by atoms with van der Waals surface area (Å²) in [4.78, 5) is 17.0. The van der Waals surface area contributed by atoms with Crippen LogP contribution in [0.15, 0.2) is 36.5 Å². The summed E-state index contributed by atoms with van der Waals surface area (Å²) < 4.78 is 5.53. The van der Waals surface area contributed by atoms with Gasteiger partial charge >= 0.3 is 0 Å². The quantitative estimate of drug-likeness (QED) is 0.913. The lowest BCUT2D eigenvalue weighted by atomic mass is 10.2. The second-order valence-electron chi connectivity index (χ2n) is 4.20. The van der Waals surface area contributed by atoms with Crippen LogP contribution >= 0.6 is 11.3 Å². The SMILES string of the molecule is Cc1cnc(NC(=O)[C@@H](C)OCc2ccccc2)s1. The molecule has 1 aromatic heterocycles. The first-order chi connectivity index (χ1) is 9.15. The number of thiazole rings is 1. The molecule has 5 heteroatoms. The first-order valence-electron chi connectivity index (χ1n) is 6.04. The molecule has 2 aromatic rings. The summed E-state index contributed by atoms with van der Waals surface area (Å²) in [6, 6.07) is 9.78. The van der Waals surface area contributed by atoms with Crippen molar-refractivity contribution >= 4 is 22.4 Å². The van der Waals surface area contributed by atoms with Gasteiger partial charge in [0.25, 0.3) is 5.91 Å². The Hall–Kier alpha value is -1.72. The van der Waals surface area contributed by atoms with E-state index in [1.807, 2.05) is 37.3 Å². The molecule has 1 aromatic carbocycles. The molecule has 1 atom stereocenters. The van der Waals surface area contributed by atoms with Gasteiger partial charge in [0.05, 0.1) is 6.61 Å². The van der Waals surface area contributed by atoms with Crippen LogP contribution in [0.3, 0.4) is 0 Å². The van der Waals surface area contributed by atoms with Crippen LogP contribution in [0.2, 0.25) is 0 Å². The Kier molecular flexibility index (Phi) is 4.65. The highest BCUT2D eigenvalue weighted by Gasteiger charge is 2.14. The maximum absolute atomic E-state index is 11.9. The van der Waals surface area contributed by atoms with Gasteiger partial charge in [0.1, 0.15) is 6.10 Å². The third-order valence-electron chi connectivity index (χ3n) is 2.56. The number of ether oxygens (including phenoxy) is 1. The van der Waals surface area contributed by atoms with Crippen LogP contribution in [0, 0.1) is 6.92 Å². The molecule has 2 rings (SSSR count). The highest BCUT2D eigenvalue weighted by molar-refractivity contribution is 7.15. The van der Waals surface area contributed by atoms with Crippen molar-refractivity contribution < 1.29 is 9.53 Å². The second-order valence-corrected chi connectivity index (χ2v) is 5.44. The molecule has 0 unspecified atom stereocenters. The van der Waals surface area contributed by atoms with Crippen LogP contribution in [0.5, 0.6) is 0 Å². The lowest BCUT2D eigenvalue weighted by Crippen LogP contribution is -2.27. The molecule has 0 fully saturated rings. The molecule has 1 amide bonds. The lowest BCUT2D eigenvalue weighted by Gasteiger charge is -2.12. The molecule has 0 aliphatic carbocycles. The summed E-state index contributed by atoms with van der Waals surface area (Å²) in [5.41, 5.74) is 1.05. The van der Waals surface area contributed by atoms with Crippen molar-refractivity contribution in [2.24, 2.45) is 0 Å². The topological polar surface area (TPSA) is 51.2 Å². The summed E-state index contributed by atoms with van der Waals surface area (Å²) in [6.07, 6.45) is 1.22. The Morgan fingerprint density at radius 1 is 1.42 bits per heavy atom. The molecule has 100 valence electrons. The Bertz CT molecular complexity index is 539. The van der Waals surface area contributed by atoms with Crippen LogP contribution in [-0.4, -0.2) is 17.0 Å². The number of anilines is 1. The number of aromatic nitrogens is 1. The number of hydrogen-bond acceptors (Lipinski definition) is 4. The molecule has 0 radical (unpaired) electrons. The van der Waals surface area contributed by atoms with Crippen molar-refractivity contribution in [2.45, 2.75) is 26.6 Å². The molecule has 0 spiro atoms. The zero-order valence-corrected chi connectivity index (χ0v) is 11.7. The van der Waals surface area contributed by atoms with Gasteiger partial charge in [0, 0.05) is 11.1 Å². The minimum absolute atomic E-state index is 0.176. The minimum Gasteiger partial charge on any atom is -0.364 e. The Labute approximate surface area is 116 Å². The molecule has 0 bridgehead atoms. The number of nitrogens with one attached hydrogen (secondary N) is 1. The van der Waals surface area contributed by atoms with E-state index in [0.717, 1.165) is 10.4 Å². The van der Waals surface area contributed by atoms with E-state index in [2.05, 4.69) is 10.3 Å². The summed E-state index contributed by atoms with van der Waals surface area (Å²) in [6.45, 7) is 4.10. The summed E-state index contributed by atoms with van der Waals surface area (Å²) in [5.74, 6) is -0.176. The summed E-state index contributed by atoms with van der Waals surface area (Å²) in [5, 5.41) is 3.35. The maximum atomic E-state index is 11.9. The second kappa shape index (κ2) is 6.45. The third kappa shape index (κ3) is 4.15. The van der Waals surface area contributed by atoms with E-state index in [4.69, 9.17) is 4.74 Å². The number of nitrogens with zero attached hydrogens (tertiary/aromatic N) is 1. The van der Waals surface area contributed by atoms with Gasteiger partial charge in [0.2, 0.25) is 0 Å². The van der Waals surface area contributed by atoms with Gasteiger partial charge in [-0.2, -0.15) is 0 Å². The molecule has 0 saturated heterocycles. The van der Waals surface area contributed by atoms with Crippen molar-refractivity contribution in [3.63, 3.8) is 0 Å². The van der Waals surface area contributed by atoms with E-state index >= 15 is 0 Å². The van der Waals surface area contributed by atoms with Crippen molar-refractivity contribution in [1.82, 2.24) is 4.98 Å². The first-order valence-corrected chi connectivity index (χ1v) is 6.85. The van der Waals surface area contributed by atoms with E-state index in [1.54, 1.807) is 13.1 Å². The Morgan fingerprint density at radius 2 is 2.16 bits per heavy atom. The Morgan fingerprint density at radius 3 is 2.79 bits per heavy atom. The Balaban J connectivity index is 1.82. The minimum atomic E-state index is -0.510. The molecule has 0 aliphatic rings. The van der Waals surface area contributed by atoms with Gasteiger partial charge in [-0.05, 0) is 19.4 Å². The van der Waals surface area contributed by atoms with Crippen molar-refractivity contribution in [2.75, 3.05) is 5.32 Å². The fourth-order valence-corrected chi connectivity index (χ4v) is 2.16. The molecular formula is C14H16N2O2S. The largest absolute Gasteiger partial charge is 0.364 e. The predicted molar refractivity (Wildman–Crippen MR) is 76.2 cm³/mol. The van der Waals surface area contributed by atoms with E-state index in [0.29, 0.717) is 11.7 Å². The number of aryl methyl sites for hydroxylation is 1. The van der Waals surface area contributed by atoms with Crippen LogP contribution in [-0.2, 0) is 16.1 Å². The molecular weight excluding hydrogens is 260 g/mol.